The van der Waals surface area contributed by atoms with Gasteiger partial charge in [-0.05, 0) is 49.4 Å². The van der Waals surface area contributed by atoms with Gasteiger partial charge in [-0.1, -0.05) is 0 Å². The second kappa shape index (κ2) is 10.1. The Morgan fingerprint density at radius 3 is 2.33 bits per heavy atom. The van der Waals surface area contributed by atoms with Crippen molar-refractivity contribution in [3.63, 3.8) is 0 Å². The summed E-state index contributed by atoms with van der Waals surface area (Å²) in [6.45, 7) is 1.70. The fraction of sp³-hybridized carbons (Fsp3) is 0.263. The summed E-state index contributed by atoms with van der Waals surface area (Å²) in [5, 5.41) is 2.59. The van der Waals surface area contributed by atoms with Gasteiger partial charge in [-0.3, -0.25) is 9.69 Å². The monoisotopic (exact) mass is 441 g/mol. The van der Waals surface area contributed by atoms with Crippen LogP contribution in [0.15, 0.2) is 47.4 Å². The number of nitrogens with zero attached hydrogens (tertiary/aromatic N) is 1. The molecule has 0 aliphatic rings. The first-order valence-electron chi connectivity index (χ1n) is 8.89. The Labute approximate surface area is 172 Å². The number of anilines is 2. The van der Waals surface area contributed by atoms with Crippen LogP contribution in [0.3, 0.4) is 0 Å². The number of carbonyl (C=O) groups is 2. The lowest BCUT2D eigenvalue weighted by Crippen LogP contribution is -2.28. The maximum absolute atomic E-state index is 13.2. The van der Waals surface area contributed by atoms with Crippen LogP contribution in [0.5, 0.6) is 0 Å². The second-order valence-corrected chi connectivity index (χ2v) is 7.84. The van der Waals surface area contributed by atoms with Gasteiger partial charge in [-0.15, -0.1) is 0 Å². The average molecular weight is 441 g/mol. The van der Waals surface area contributed by atoms with E-state index in [2.05, 4.69) is 10.0 Å². The normalized spacial score (nSPS) is 11.1. The van der Waals surface area contributed by atoms with Crippen molar-refractivity contribution in [1.29, 1.82) is 0 Å². The smallest absolute Gasteiger partial charge is 0.413 e. The Bertz CT molecular complexity index is 1010. The third-order valence-corrected chi connectivity index (χ3v) is 5.38. The lowest BCUT2D eigenvalue weighted by atomic mass is 10.2. The number of halogens is 2. The minimum absolute atomic E-state index is 0.187. The molecule has 30 heavy (non-hydrogen) atoms. The minimum atomic E-state index is -4.08. The van der Waals surface area contributed by atoms with Gasteiger partial charge in [0, 0.05) is 31.4 Å². The molecule has 0 saturated heterocycles. The molecule has 2 aromatic carbocycles. The first-order chi connectivity index (χ1) is 14.1. The summed E-state index contributed by atoms with van der Waals surface area (Å²) in [6.07, 6.45) is -0.699. The number of hydrogen-bond donors (Lipinski definition) is 2. The van der Waals surface area contributed by atoms with E-state index in [1.165, 1.54) is 4.90 Å². The highest BCUT2D eigenvalue weighted by Gasteiger charge is 2.17. The molecule has 0 bridgehead atoms. The Hall–Kier alpha value is -3.05. The number of rotatable bonds is 8. The molecule has 0 atom stereocenters. The van der Waals surface area contributed by atoms with E-state index in [9.17, 15) is 26.8 Å². The van der Waals surface area contributed by atoms with E-state index in [4.69, 9.17) is 4.74 Å². The molecular formula is C19H21F2N3O5S. The summed E-state index contributed by atoms with van der Waals surface area (Å²) in [5.41, 5.74) is 1.01. The number of amides is 2. The first-order valence-corrected chi connectivity index (χ1v) is 10.4. The standard InChI is InChI=1S/C19H21F2N3O5S/c1-3-29-19(26)24(2)14-6-4-13(5-7-14)23-18(25)10-11-22-30(27,28)15-8-9-16(20)17(21)12-15/h4-9,12,22H,3,10-11H2,1-2H3,(H,23,25). The van der Waals surface area contributed by atoms with Crippen LogP contribution in [0.1, 0.15) is 13.3 Å². The van der Waals surface area contributed by atoms with Crippen molar-refractivity contribution in [3.8, 4) is 0 Å². The summed E-state index contributed by atoms with van der Waals surface area (Å²) < 4.78 is 57.3. The zero-order valence-corrected chi connectivity index (χ0v) is 17.1. The number of ether oxygens (including phenoxy) is 1. The van der Waals surface area contributed by atoms with Gasteiger partial charge in [0.1, 0.15) is 0 Å². The zero-order valence-electron chi connectivity index (χ0n) is 16.3. The van der Waals surface area contributed by atoms with Crippen molar-refractivity contribution in [2.75, 3.05) is 30.4 Å². The molecule has 2 amide bonds. The number of hydrogen-bond acceptors (Lipinski definition) is 5. The number of sulfonamides is 1. The van der Waals surface area contributed by atoms with E-state index < -0.39 is 38.6 Å². The van der Waals surface area contributed by atoms with Crippen molar-refractivity contribution in [3.05, 3.63) is 54.1 Å². The highest BCUT2D eigenvalue weighted by Crippen LogP contribution is 2.18. The van der Waals surface area contributed by atoms with Crippen LogP contribution in [0.4, 0.5) is 25.0 Å². The van der Waals surface area contributed by atoms with Gasteiger partial charge in [0.2, 0.25) is 15.9 Å². The van der Waals surface area contributed by atoms with Crippen LogP contribution in [-0.2, 0) is 19.6 Å². The van der Waals surface area contributed by atoms with Crippen molar-refractivity contribution in [2.45, 2.75) is 18.2 Å². The molecule has 8 nitrogen and oxygen atoms in total. The third-order valence-electron chi connectivity index (χ3n) is 3.93. The third kappa shape index (κ3) is 6.22. The Morgan fingerprint density at radius 1 is 1.07 bits per heavy atom. The van der Waals surface area contributed by atoms with E-state index in [0.717, 1.165) is 6.07 Å². The molecule has 0 fully saturated rings. The predicted molar refractivity (Wildman–Crippen MR) is 107 cm³/mol. The highest BCUT2D eigenvalue weighted by atomic mass is 32.2. The molecular weight excluding hydrogens is 420 g/mol. The van der Waals surface area contributed by atoms with Crippen molar-refractivity contribution >= 4 is 33.4 Å². The number of carbonyl (C=O) groups excluding carboxylic acids is 2. The molecule has 0 unspecified atom stereocenters. The fourth-order valence-corrected chi connectivity index (χ4v) is 3.39. The molecule has 0 heterocycles. The van der Waals surface area contributed by atoms with Gasteiger partial charge < -0.3 is 10.1 Å². The van der Waals surface area contributed by atoms with Crippen LogP contribution in [0, 0.1) is 11.6 Å². The molecule has 162 valence electrons. The number of nitrogens with one attached hydrogen (secondary N) is 2. The molecule has 0 aliphatic heterocycles. The van der Waals surface area contributed by atoms with E-state index in [1.54, 1.807) is 38.2 Å². The zero-order chi connectivity index (χ0) is 22.3. The van der Waals surface area contributed by atoms with E-state index in [0.29, 0.717) is 23.5 Å². The Kier molecular flexibility index (Phi) is 7.84. The summed E-state index contributed by atoms with van der Waals surface area (Å²) in [6, 6.07) is 8.57. The fourth-order valence-electron chi connectivity index (χ4n) is 2.34. The van der Waals surface area contributed by atoms with Crippen molar-refractivity contribution in [2.24, 2.45) is 0 Å². The average Bonchev–Trinajstić information content (AvgIpc) is 2.70. The molecule has 0 aliphatic carbocycles. The van der Waals surface area contributed by atoms with E-state index in [-0.39, 0.29) is 19.6 Å². The molecule has 0 saturated carbocycles. The maximum atomic E-state index is 13.2. The summed E-state index contributed by atoms with van der Waals surface area (Å²) in [4.78, 5) is 24.6. The van der Waals surface area contributed by atoms with Crippen molar-refractivity contribution < 1.29 is 31.5 Å². The van der Waals surface area contributed by atoms with Crippen LogP contribution in [0.25, 0.3) is 0 Å². The summed E-state index contributed by atoms with van der Waals surface area (Å²) >= 11 is 0. The van der Waals surface area contributed by atoms with Gasteiger partial charge in [-0.25, -0.2) is 26.7 Å². The van der Waals surface area contributed by atoms with Crippen LogP contribution < -0.4 is 14.9 Å². The minimum Gasteiger partial charge on any atom is -0.449 e. The van der Waals surface area contributed by atoms with Gasteiger partial charge >= 0.3 is 6.09 Å². The Balaban J connectivity index is 1.87. The Morgan fingerprint density at radius 2 is 1.73 bits per heavy atom. The lowest BCUT2D eigenvalue weighted by Gasteiger charge is -2.17. The molecule has 0 spiro atoms. The van der Waals surface area contributed by atoms with Crippen molar-refractivity contribution in [1.82, 2.24) is 4.72 Å². The molecule has 2 aromatic rings. The van der Waals surface area contributed by atoms with Gasteiger partial charge in [0.15, 0.2) is 11.6 Å². The summed E-state index contributed by atoms with van der Waals surface area (Å²) in [7, 11) is -2.54. The second-order valence-electron chi connectivity index (χ2n) is 6.08. The largest absolute Gasteiger partial charge is 0.449 e. The highest BCUT2D eigenvalue weighted by molar-refractivity contribution is 7.89. The van der Waals surface area contributed by atoms with Gasteiger partial charge in [0.25, 0.3) is 0 Å². The van der Waals surface area contributed by atoms with E-state index in [1.807, 2.05) is 0 Å². The lowest BCUT2D eigenvalue weighted by molar-refractivity contribution is -0.116. The van der Waals surface area contributed by atoms with Crippen LogP contribution >= 0.6 is 0 Å². The quantitative estimate of drug-likeness (QED) is 0.656. The first kappa shape index (κ1) is 23.2. The predicted octanol–water partition coefficient (Wildman–Crippen LogP) is 2.86. The van der Waals surface area contributed by atoms with Gasteiger partial charge in [0.05, 0.1) is 11.5 Å². The number of benzene rings is 2. The molecule has 2 N–H and O–H groups in total. The SMILES string of the molecule is CCOC(=O)N(C)c1ccc(NC(=O)CCNS(=O)(=O)c2ccc(F)c(F)c2)cc1. The van der Waals surface area contributed by atoms with Crippen LogP contribution in [0.2, 0.25) is 0 Å². The maximum Gasteiger partial charge on any atom is 0.413 e. The topological polar surface area (TPSA) is 105 Å². The van der Waals surface area contributed by atoms with Crippen LogP contribution in [-0.4, -0.2) is 40.6 Å². The van der Waals surface area contributed by atoms with Gasteiger partial charge in [-0.2, -0.15) is 0 Å². The molecule has 2 rings (SSSR count). The molecule has 0 aromatic heterocycles. The molecule has 0 radical (unpaired) electrons. The summed E-state index contributed by atoms with van der Waals surface area (Å²) in [5.74, 6) is -2.91. The molecule has 11 heteroatoms. The van der Waals surface area contributed by atoms with E-state index >= 15 is 0 Å².